The highest BCUT2D eigenvalue weighted by Gasteiger charge is 2.44. The molecule has 3 aromatic heterocycles. The second kappa shape index (κ2) is 17.9. The van der Waals surface area contributed by atoms with Crippen molar-refractivity contribution in [2.24, 2.45) is 0 Å². The van der Waals surface area contributed by atoms with Gasteiger partial charge in [0.2, 0.25) is 11.9 Å². The normalized spacial score (nSPS) is 16.7. The Kier molecular flexibility index (Phi) is 12.1. The molecular formula is C46H52N10O5. The van der Waals surface area contributed by atoms with E-state index in [-0.39, 0.29) is 16.7 Å². The molecular weight excluding hydrogens is 773 g/mol. The maximum Gasteiger partial charge on any atom is 0.278 e. The highest BCUT2D eigenvalue weighted by molar-refractivity contribution is 6.24. The number of unbranched alkanes of at least 4 members (excludes halogenated alkanes) is 1. The number of pyridine rings is 1. The Hall–Kier alpha value is -6.61. The van der Waals surface area contributed by atoms with Crippen LogP contribution >= 0.6 is 0 Å². The molecule has 2 aliphatic heterocycles. The molecule has 0 bridgehead atoms. The van der Waals surface area contributed by atoms with Gasteiger partial charge in [0, 0.05) is 56.5 Å². The highest BCUT2D eigenvalue weighted by Crippen LogP contribution is 2.34. The van der Waals surface area contributed by atoms with Gasteiger partial charge in [-0.25, -0.2) is 19.3 Å². The van der Waals surface area contributed by atoms with Gasteiger partial charge in [-0.1, -0.05) is 31.2 Å². The zero-order valence-electron chi connectivity index (χ0n) is 34.8. The molecule has 3 amide bonds. The predicted octanol–water partition coefficient (Wildman–Crippen LogP) is 5.61. The molecule has 5 aromatic rings. The van der Waals surface area contributed by atoms with E-state index in [2.05, 4.69) is 63.7 Å². The largest absolute Gasteiger partial charge is 0.493 e. The number of rotatable bonds is 17. The third kappa shape index (κ3) is 8.17. The zero-order chi connectivity index (χ0) is 42.6. The van der Waals surface area contributed by atoms with Crippen LogP contribution in [0.25, 0.3) is 16.9 Å². The molecule has 8 rings (SSSR count). The molecule has 0 radical (unpaired) electrons. The van der Waals surface area contributed by atoms with Gasteiger partial charge >= 0.3 is 0 Å². The maximum absolute atomic E-state index is 13.5. The lowest BCUT2D eigenvalue weighted by atomic mass is 10.1. The Bertz CT molecular complexity index is 2540. The smallest absolute Gasteiger partial charge is 0.278 e. The standard InChI is InChI=1S/C46H52N10O5/c1-5-7-12-36(42(57)47-4)55-44(59)34-11-10-13-37(39(34)45(55)60)61-28-9-8-23-52-24-26-53(27-25-52)33-19-17-32(18-20-33)49-46-48-29-35-41(51-46)56(54(22-6-2)43(35)58)38-21-16-31-15-14-30(3)40(31)50-38/h5-6,10-11,13,16-21,29-30,36H,1-2,7-9,12,14-15,22-28H2,3-4H3,(H,47,57)(H,48,49,51). The van der Waals surface area contributed by atoms with Gasteiger partial charge in [-0.05, 0) is 99.0 Å². The zero-order valence-corrected chi connectivity index (χ0v) is 34.8. The molecule has 0 saturated carbocycles. The summed E-state index contributed by atoms with van der Waals surface area (Å²) in [5.74, 6) is 0.370. The number of aryl methyl sites for hydroxylation is 1. The van der Waals surface area contributed by atoms with Crippen molar-refractivity contribution in [3.63, 3.8) is 0 Å². The first-order chi connectivity index (χ1) is 29.7. The SMILES string of the molecule is C=CCCC(C(=O)NC)N1C(=O)c2cccc(OCCCCN3CCN(c4ccc(Nc5ncc6c(=O)n(CC=C)n(-c7ccc8c(n7)C(C)CC8)c6n5)cc4)CC3)c2C1=O. The Balaban J connectivity index is 0.831. The van der Waals surface area contributed by atoms with Gasteiger partial charge in [-0.15, -0.1) is 13.2 Å². The minimum atomic E-state index is -0.920. The second-order valence-electron chi connectivity index (χ2n) is 15.8. The van der Waals surface area contributed by atoms with Crippen molar-refractivity contribution in [1.82, 2.24) is 39.4 Å². The molecule has 15 nitrogen and oxygen atoms in total. The summed E-state index contributed by atoms with van der Waals surface area (Å²) in [5.41, 5.74) is 5.05. The Morgan fingerprint density at radius 1 is 0.967 bits per heavy atom. The van der Waals surface area contributed by atoms with E-state index in [1.54, 1.807) is 45.9 Å². The van der Waals surface area contributed by atoms with Gasteiger partial charge in [0.25, 0.3) is 17.4 Å². The van der Waals surface area contributed by atoms with Gasteiger partial charge in [0.15, 0.2) is 11.5 Å². The van der Waals surface area contributed by atoms with E-state index in [9.17, 15) is 19.2 Å². The van der Waals surface area contributed by atoms with Gasteiger partial charge in [-0.3, -0.25) is 29.0 Å². The molecule has 2 N–H and O–H groups in total. The summed E-state index contributed by atoms with van der Waals surface area (Å²) in [6.45, 7) is 15.0. The van der Waals surface area contributed by atoms with Crippen molar-refractivity contribution in [3.8, 4) is 11.6 Å². The quantitative estimate of drug-likeness (QED) is 0.0682. The van der Waals surface area contributed by atoms with Crippen molar-refractivity contribution in [3.05, 3.63) is 119 Å². The molecule has 2 atom stereocenters. The minimum Gasteiger partial charge on any atom is -0.493 e. The lowest BCUT2D eigenvalue weighted by Gasteiger charge is -2.36. The van der Waals surface area contributed by atoms with Crippen LogP contribution in [0.5, 0.6) is 5.75 Å². The first-order valence-electron chi connectivity index (χ1n) is 21.1. The van der Waals surface area contributed by atoms with E-state index in [4.69, 9.17) is 14.7 Å². The maximum atomic E-state index is 13.5. The number of benzene rings is 2. The van der Waals surface area contributed by atoms with Crippen molar-refractivity contribution in [2.45, 2.75) is 64.0 Å². The fourth-order valence-corrected chi connectivity index (χ4v) is 8.60. The van der Waals surface area contributed by atoms with E-state index in [1.165, 1.54) is 12.6 Å². The number of hydrogen-bond acceptors (Lipinski definition) is 11. The molecule has 316 valence electrons. The number of ether oxygens (including phenoxy) is 1. The van der Waals surface area contributed by atoms with Crippen molar-refractivity contribution >= 4 is 46.1 Å². The molecule has 3 aliphatic rings. The van der Waals surface area contributed by atoms with Crippen LogP contribution in [0.15, 0.2) is 90.9 Å². The van der Waals surface area contributed by atoms with E-state index >= 15 is 0 Å². The number of carbonyl (C=O) groups excluding carboxylic acids is 3. The molecule has 15 heteroatoms. The Morgan fingerprint density at radius 2 is 1.77 bits per heavy atom. The third-order valence-electron chi connectivity index (χ3n) is 11.9. The number of fused-ring (bicyclic) bond motifs is 3. The number of nitrogens with zero attached hydrogens (tertiary/aromatic N) is 8. The predicted molar refractivity (Wildman–Crippen MR) is 235 cm³/mol. The van der Waals surface area contributed by atoms with Crippen molar-refractivity contribution in [1.29, 1.82) is 0 Å². The number of imide groups is 1. The average Bonchev–Trinajstić information content (AvgIpc) is 3.88. The van der Waals surface area contributed by atoms with Gasteiger partial charge in [0.05, 0.1) is 24.3 Å². The fraction of sp³-hybridized carbons (Fsp3) is 0.370. The minimum absolute atomic E-state index is 0.193. The molecule has 1 aliphatic carbocycles. The van der Waals surface area contributed by atoms with Crippen LogP contribution in [0.1, 0.15) is 76.9 Å². The summed E-state index contributed by atoms with van der Waals surface area (Å²) in [7, 11) is 1.49. The van der Waals surface area contributed by atoms with Crippen molar-refractivity contribution in [2.75, 3.05) is 56.6 Å². The number of allylic oxidation sites excluding steroid dienone is 2. The summed E-state index contributed by atoms with van der Waals surface area (Å²) in [5, 5.41) is 6.31. The molecule has 0 spiro atoms. The number of piperazine rings is 1. The molecule has 1 fully saturated rings. The van der Waals surface area contributed by atoms with Gasteiger partial charge in [-0.2, -0.15) is 4.98 Å². The number of anilines is 3. The Labute approximate surface area is 354 Å². The van der Waals surface area contributed by atoms with Crippen LogP contribution < -0.4 is 25.8 Å². The molecule has 5 heterocycles. The summed E-state index contributed by atoms with van der Waals surface area (Å²) in [4.78, 5) is 73.1. The third-order valence-corrected chi connectivity index (χ3v) is 11.9. The number of carbonyl (C=O) groups is 3. The summed E-state index contributed by atoms with van der Waals surface area (Å²) >= 11 is 0. The average molecular weight is 825 g/mol. The van der Waals surface area contributed by atoms with E-state index < -0.39 is 23.8 Å². The molecule has 2 aromatic carbocycles. The fourth-order valence-electron chi connectivity index (χ4n) is 8.60. The molecule has 2 unspecified atom stereocenters. The van der Waals surface area contributed by atoms with Gasteiger partial charge in [0.1, 0.15) is 17.2 Å². The van der Waals surface area contributed by atoms with Crippen LogP contribution in [0.2, 0.25) is 0 Å². The van der Waals surface area contributed by atoms with Gasteiger partial charge < -0.3 is 20.3 Å². The first kappa shape index (κ1) is 41.1. The van der Waals surface area contributed by atoms with Crippen LogP contribution in [0.3, 0.4) is 0 Å². The number of nitrogens with one attached hydrogen (secondary N) is 2. The molecule has 1 saturated heterocycles. The van der Waals surface area contributed by atoms with Crippen LogP contribution in [0.4, 0.5) is 17.3 Å². The monoisotopic (exact) mass is 824 g/mol. The molecule has 61 heavy (non-hydrogen) atoms. The number of hydrogen-bond donors (Lipinski definition) is 2. The topological polar surface area (TPSA) is 160 Å². The van der Waals surface area contributed by atoms with E-state index in [1.807, 2.05) is 18.2 Å². The number of amides is 3. The van der Waals surface area contributed by atoms with E-state index in [0.29, 0.717) is 60.5 Å². The second-order valence-corrected chi connectivity index (χ2v) is 15.8. The van der Waals surface area contributed by atoms with Crippen LogP contribution in [-0.2, 0) is 17.8 Å². The number of likely N-dealkylation sites (N-methyl/N-ethyl adjacent to an activating group) is 1. The summed E-state index contributed by atoms with van der Waals surface area (Å²) in [6.07, 6.45) is 9.49. The van der Waals surface area contributed by atoms with Crippen molar-refractivity contribution < 1.29 is 19.1 Å². The van der Waals surface area contributed by atoms with E-state index in [0.717, 1.165) is 80.4 Å². The van der Waals surface area contributed by atoms with Crippen LogP contribution in [0, 0.1) is 0 Å². The highest BCUT2D eigenvalue weighted by atomic mass is 16.5. The lowest BCUT2D eigenvalue weighted by Crippen LogP contribution is -2.48. The first-order valence-corrected chi connectivity index (χ1v) is 21.1. The summed E-state index contributed by atoms with van der Waals surface area (Å²) in [6, 6.07) is 16.4. The number of aromatic nitrogens is 5. The lowest BCUT2D eigenvalue weighted by molar-refractivity contribution is -0.124. The van der Waals surface area contributed by atoms with Crippen LogP contribution in [-0.4, -0.2) is 104 Å². The Morgan fingerprint density at radius 3 is 2.52 bits per heavy atom. The summed E-state index contributed by atoms with van der Waals surface area (Å²) < 4.78 is 9.46.